The molecule has 5 nitrogen and oxygen atoms in total. The minimum Gasteiger partial charge on any atom is -0.368 e. The van der Waals surface area contributed by atoms with Crippen LogP contribution in [-0.2, 0) is 20.7 Å². The molecule has 2 aromatic rings. The van der Waals surface area contributed by atoms with Crippen LogP contribution in [0.5, 0.6) is 0 Å². The van der Waals surface area contributed by atoms with Crippen molar-refractivity contribution in [2.24, 2.45) is 5.92 Å². The average molecular weight is 419 g/mol. The Kier molecular flexibility index (Phi) is 6.82. The molecule has 2 heterocycles. The lowest BCUT2D eigenvalue weighted by atomic mass is 9.94. The molecule has 2 aliphatic heterocycles. The number of nitrogens with zero attached hydrogens (tertiary/aromatic N) is 2. The Morgan fingerprint density at radius 1 is 1.10 bits per heavy atom. The highest BCUT2D eigenvalue weighted by Crippen LogP contribution is 2.24. The van der Waals surface area contributed by atoms with Crippen molar-refractivity contribution in [1.82, 2.24) is 9.80 Å². The molecule has 0 aromatic heterocycles. The lowest BCUT2D eigenvalue weighted by Crippen LogP contribution is -2.42. The number of carbonyl (C=O) groups is 2. The van der Waals surface area contributed by atoms with Crippen LogP contribution < -0.4 is 0 Å². The van der Waals surface area contributed by atoms with E-state index in [1.54, 1.807) is 6.08 Å². The van der Waals surface area contributed by atoms with E-state index < -0.39 is 0 Å². The molecule has 0 aliphatic carbocycles. The summed E-state index contributed by atoms with van der Waals surface area (Å²) in [6.07, 6.45) is 3.68. The van der Waals surface area contributed by atoms with Crippen molar-refractivity contribution in [2.45, 2.75) is 25.4 Å². The van der Waals surface area contributed by atoms with E-state index >= 15 is 0 Å². The molecule has 31 heavy (non-hydrogen) atoms. The fourth-order valence-electron chi connectivity index (χ4n) is 4.50. The van der Waals surface area contributed by atoms with Crippen LogP contribution in [0, 0.1) is 5.92 Å². The van der Waals surface area contributed by atoms with Gasteiger partial charge in [0.15, 0.2) is 0 Å². The van der Waals surface area contributed by atoms with Gasteiger partial charge in [-0.3, -0.25) is 9.59 Å². The van der Waals surface area contributed by atoms with E-state index in [1.165, 1.54) is 0 Å². The van der Waals surface area contributed by atoms with Crippen LogP contribution in [0.4, 0.5) is 0 Å². The van der Waals surface area contributed by atoms with Gasteiger partial charge >= 0.3 is 0 Å². The van der Waals surface area contributed by atoms with Gasteiger partial charge in [-0.2, -0.15) is 0 Å². The Morgan fingerprint density at radius 2 is 1.90 bits per heavy atom. The average Bonchev–Trinajstić information content (AvgIpc) is 3.30. The van der Waals surface area contributed by atoms with Gasteiger partial charge in [0.05, 0.1) is 5.92 Å². The minimum atomic E-state index is -0.358. The van der Waals surface area contributed by atoms with Crippen molar-refractivity contribution in [3.05, 3.63) is 72.8 Å². The third kappa shape index (κ3) is 5.05. The highest BCUT2D eigenvalue weighted by Gasteiger charge is 2.35. The van der Waals surface area contributed by atoms with Crippen LogP contribution >= 0.6 is 0 Å². The summed E-state index contributed by atoms with van der Waals surface area (Å²) in [5.41, 5.74) is 3.39. The van der Waals surface area contributed by atoms with Gasteiger partial charge in [-0.05, 0) is 36.0 Å². The lowest BCUT2D eigenvalue weighted by Gasteiger charge is -2.25. The molecule has 0 bridgehead atoms. The third-order valence-electron chi connectivity index (χ3n) is 6.12. The normalized spacial score (nSPS) is 21.7. The standard InChI is InChI=1S/C26H30N2O3/c1-2-13-27-14-15-28(26(30)24-12-7-16-31-24)19-23(25(27)29)18-20-8-6-11-22(17-20)21-9-4-3-5-10-21/h2-6,8-11,17,23-24H,1,7,12-16,18-19H2. The number of amides is 2. The van der Waals surface area contributed by atoms with Gasteiger partial charge in [-0.15, -0.1) is 6.58 Å². The van der Waals surface area contributed by atoms with E-state index in [-0.39, 0.29) is 23.8 Å². The molecule has 2 fully saturated rings. The third-order valence-corrected chi connectivity index (χ3v) is 6.12. The zero-order chi connectivity index (χ0) is 21.6. The van der Waals surface area contributed by atoms with Gasteiger partial charge in [0, 0.05) is 32.8 Å². The number of ether oxygens (including phenoxy) is 1. The maximum Gasteiger partial charge on any atom is 0.251 e. The van der Waals surface area contributed by atoms with E-state index in [0.29, 0.717) is 39.2 Å². The summed E-state index contributed by atoms with van der Waals surface area (Å²) in [6.45, 7) is 6.44. The second-order valence-corrected chi connectivity index (χ2v) is 8.33. The second kappa shape index (κ2) is 9.92. The van der Waals surface area contributed by atoms with Gasteiger partial charge in [0.1, 0.15) is 6.10 Å². The van der Waals surface area contributed by atoms with Crippen LogP contribution in [0.15, 0.2) is 67.3 Å². The maximum absolute atomic E-state index is 13.3. The highest BCUT2D eigenvalue weighted by molar-refractivity contribution is 5.84. The van der Waals surface area contributed by atoms with E-state index in [4.69, 9.17) is 4.74 Å². The highest BCUT2D eigenvalue weighted by atomic mass is 16.5. The van der Waals surface area contributed by atoms with Gasteiger partial charge in [-0.1, -0.05) is 60.7 Å². The maximum atomic E-state index is 13.3. The van der Waals surface area contributed by atoms with Gasteiger partial charge < -0.3 is 14.5 Å². The van der Waals surface area contributed by atoms with E-state index in [2.05, 4.69) is 36.9 Å². The SMILES string of the molecule is C=CCN1CCN(C(=O)C2CCCO2)CC(Cc2cccc(-c3ccccc3)c2)C1=O. The molecule has 5 heteroatoms. The molecule has 0 radical (unpaired) electrons. The van der Waals surface area contributed by atoms with Crippen LogP contribution in [0.25, 0.3) is 11.1 Å². The van der Waals surface area contributed by atoms with Crippen molar-refractivity contribution in [3.8, 4) is 11.1 Å². The monoisotopic (exact) mass is 418 g/mol. The van der Waals surface area contributed by atoms with E-state index in [9.17, 15) is 9.59 Å². The molecule has 2 aliphatic rings. The quantitative estimate of drug-likeness (QED) is 0.674. The van der Waals surface area contributed by atoms with Gasteiger partial charge in [0.2, 0.25) is 5.91 Å². The lowest BCUT2D eigenvalue weighted by molar-refractivity contribution is -0.141. The second-order valence-electron chi connectivity index (χ2n) is 8.33. The topological polar surface area (TPSA) is 49.9 Å². The summed E-state index contributed by atoms with van der Waals surface area (Å²) in [5.74, 6) is -0.166. The van der Waals surface area contributed by atoms with Crippen molar-refractivity contribution in [1.29, 1.82) is 0 Å². The number of hydrogen-bond acceptors (Lipinski definition) is 3. The Labute approximate surface area is 184 Å². The molecule has 2 amide bonds. The zero-order valence-electron chi connectivity index (χ0n) is 17.9. The molecule has 0 saturated carbocycles. The summed E-state index contributed by atoms with van der Waals surface area (Å²) < 4.78 is 5.62. The van der Waals surface area contributed by atoms with Crippen molar-refractivity contribution >= 4 is 11.8 Å². The first-order chi connectivity index (χ1) is 15.2. The summed E-state index contributed by atoms with van der Waals surface area (Å²) in [5, 5.41) is 0. The predicted molar refractivity (Wildman–Crippen MR) is 121 cm³/mol. The fraction of sp³-hybridized carbons (Fsp3) is 0.385. The first-order valence-corrected chi connectivity index (χ1v) is 11.1. The number of carbonyl (C=O) groups excluding carboxylic acids is 2. The summed E-state index contributed by atoms with van der Waals surface area (Å²) >= 11 is 0. The molecule has 2 saturated heterocycles. The van der Waals surface area contributed by atoms with Crippen LogP contribution in [-0.4, -0.2) is 60.5 Å². The zero-order valence-corrected chi connectivity index (χ0v) is 17.9. The van der Waals surface area contributed by atoms with Crippen molar-refractivity contribution in [2.75, 3.05) is 32.8 Å². The number of rotatable bonds is 6. The molecular weight excluding hydrogens is 388 g/mol. The summed E-state index contributed by atoms with van der Waals surface area (Å²) in [7, 11) is 0. The van der Waals surface area contributed by atoms with E-state index in [0.717, 1.165) is 29.5 Å². The first kappa shape index (κ1) is 21.3. The smallest absolute Gasteiger partial charge is 0.251 e. The van der Waals surface area contributed by atoms with E-state index in [1.807, 2.05) is 34.1 Å². The molecule has 2 unspecified atom stereocenters. The van der Waals surface area contributed by atoms with Crippen LogP contribution in [0.2, 0.25) is 0 Å². The summed E-state index contributed by atoms with van der Waals surface area (Å²) in [6, 6.07) is 18.6. The first-order valence-electron chi connectivity index (χ1n) is 11.1. The molecular formula is C26H30N2O3. The Bertz CT molecular complexity index is 921. The number of hydrogen-bond donors (Lipinski definition) is 0. The fourth-order valence-corrected chi connectivity index (χ4v) is 4.50. The molecule has 4 rings (SSSR count). The molecule has 0 N–H and O–H groups in total. The summed E-state index contributed by atoms with van der Waals surface area (Å²) in [4.78, 5) is 30.0. The molecule has 162 valence electrons. The molecule has 0 spiro atoms. The van der Waals surface area contributed by atoms with Crippen molar-refractivity contribution in [3.63, 3.8) is 0 Å². The Balaban J connectivity index is 1.55. The molecule has 2 aromatic carbocycles. The van der Waals surface area contributed by atoms with Gasteiger partial charge in [0.25, 0.3) is 5.91 Å². The van der Waals surface area contributed by atoms with Crippen LogP contribution in [0.1, 0.15) is 18.4 Å². The predicted octanol–water partition coefficient (Wildman–Crippen LogP) is 3.55. The number of benzene rings is 2. The largest absolute Gasteiger partial charge is 0.368 e. The van der Waals surface area contributed by atoms with Gasteiger partial charge in [-0.25, -0.2) is 0 Å². The van der Waals surface area contributed by atoms with Crippen molar-refractivity contribution < 1.29 is 14.3 Å². The molecule has 2 atom stereocenters. The Hall–Kier alpha value is -2.92. The Morgan fingerprint density at radius 3 is 2.65 bits per heavy atom. The van der Waals surface area contributed by atoms with Crippen LogP contribution in [0.3, 0.4) is 0 Å². The minimum absolute atomic E-state index is 0.0220.